The van der Waals surface area contributed by atoms with Crippen LogP contribution in [0.1, 0.15) is 15.9 Å². The minimum Gasteiger partial charge on any atom is -0.497 e. The van der Waals surface area contributed by atoms with Gasteiger partial charge in [0.25, 0.3) is 5.91 Å². The molecule has 0 bridgehead atoms. The molecule has 0 atom stereocenters. The van der Waals surface area contributed by atoms with E-state index in [9.17, 15) is 26.4 Å². The molecule has 6 nitrogen and oxygen atoms in total. The predicted molar refractivity (Wildman–Crippen MR) is 96.5 cm³/mol. The molecular formula is C18H19F3N2O4S. The fraction of sp³-hybridized carbons (Fsp3) is 0.278. The zero-order valence-corrected chi connectivity index (χ0v) is 16.0. The van der Waals surface area contributed by atoms with Gasteiger partial charge in [-0.2, -0.15) is 17.5 Å². The Balaban J connectivity index is 2.11. The summed E-state index contributed by atoms with van der Waals surface area (Å²) in [5.74, 6) is -0.344. The van der Waals surface area contributed by atoms with Gasteiger partial charge in [0.1, 0.15) is 12.3 Å². The van der Waals surface area contributed by atoms with Gasteiger partial charge in [-0.3, -0.25) is 4.79 Å². The maximum Gasteiger partial charge on any atom is 0.405 e. The third-order valence-corrected chi connectivity index (χ3v) is 5.63. The number of halogens is 3. The van der Waals surface area contributed by atoms with Gasteiger partial charge in [0.2, 0.25) is 10.0 Å². The number of ether oxygens (including phenoxy) is 1. The normalized spacial score (nSPS) is 12.1. The number of nitrogens with zero attached hydrogens (tertiary/aromatic N) is 1. The van der Waals surface area contributed by atoms with Crippen molar-refractivity contribution in [2.24, 2.45) is 0 Å². The Morgan fingerprint density at radius 1 is 1.14 bits per heavy atom. The molecule has 2 rings (SSSR count). The number of hydrogen-bond acceptors (Lipinski definition) is 4. The van der Waals surface area contributed by atoms with E-state index < -0.39 is 28.7 Å². The predicted octanol–water partition coefficient (Wildman–Crippen LogP) is 2.81. The highest BCUT2D eigenvalue weighted by molar-refractivity contribution is 7.89. The molecule has 0 aliphatic heterocycles. The summed E-state index contributed by atoms with van der Waals surface area (Å²) in [5.41, 5.74) is 0.646. The van der Waals surface area contributed by atoms with Crippen LogP contribution in [0.4, 0.5) is 13.2 Å². The van der Waals surface area contributed by atoms with Crippen molar-refractivity contribution in [1.82, 2.24) is 9.62 Å². The number of methoxy groups -OCH3 is 1. The maximum absolute atomic E-state index is 12.7. The second kappa shape index (κ2) is 8.61. The first-order valence-corrected chi connectivity index (χ1v) is 9.51. The van der Waals surface area contributed by atoms with Crippen molar-refractivity contribution in [3.05, 3.63) is 59.7 Å². The molecule has 0 aliphatic carbocycles. The van der Waals surface area contributed by atoms with Gasteiger partial charge in [0.15, 0.2) is 0 Å². The van der Waals surface area contributed by atoms with E-state index in [1.807, 2.05) is 0 Å². The van der Waals surface area contributed by atoms with Crippen LogP contribution in [0.25, 0.3) is 0 Å². The Bertz CT molecular complexity index is 929. The number of sulfonamides is 1. The first kappa shape index (κ1) is 21.7. The lowest BCUT2D eigenvalue weighted by Crippen LogP contribution is -2.33. The van der Waals surface area contributed by atoms with E-state index in [0.29, 0.717) is 11.3 Å². The lowest BCUT2D eigenvalue weighted by molar-refractivity contribution is -0.123. The zero-order chi connectivity index (χ0) is 20.9. The van der Waals surface area contributed by atoms with E-state index in [1.54, 1.807) is 29.6 Å². The largest absolute Gasteiger partial charge is 0.497 e. The monoisotopic (exact) mass is 416 g/mol. The molecular weight excluding hydrogens is 397 g/mol. The number of carbonyl (C=O) groups excluding carboxylic acids is 1. The number of benzene rings is 2. The SMILES string of the molecule is COc1cccc(CN(C)S(=O)(=O)c2ccc(C(=O)NCC(F)(F)F)cc2)c1. The van der Waals surface area contributed by atoms with Crippen molar-refractivity contribution in [2.75, 3.05) is 20.7 Å². The van der Waals surface area contributed by atoms with Crippen LogP contribution in [-0.4, -0.2) is 45.5 Å². The van der Waals surface area contributed by atoms with Gasteiger partial charge >= 0.3 is 6.18 Å². The molecule has 0 saturated carbocycles. The minimum atomic E-state index is -4.53. The highest BCUT2D eigenvalue weighted by Gasteiger charge is 2.28. The summed E-state index contributed by atoms with van der Waals surface area (Å²) in [6, 6.07) is 11.6. The Hall–Kier alpha value is -2.59. The molecule has 2 aromatic carbocycles. The number of rotatable bonds is 7. The van der Waals surface area contributed by atoms with Gasteiger partial charge in [-0.1, -0.05) is 12.1 Å². The fourth-order valence-electron chi connectivity index (χ4n) is 2.35. The molecule has 0 saturated heterocycles. The molecule has 10 heteroatoms. The van der Waals surface area contributed by atoms with Crippen LogP contribution < -0.4 is 10.1 Å². The summed E-state index contributed by atoms with van der Waals surface area (Å²) < 4.78 is 68.1. The van der Waals surface area contributed by atoms with Crippen molar-refractivity contribution >= 4 is 15.9 Å². The molecule has 0 heterocycles. The number of nitrogens with one attached hydrogen (secondary N) is 1. The second-order valence-corrected chi connectivity index (χ2v) is 7.98. The second-order valence-electron chi connectivity index (χ2n) is 5.93. The zero-order valence-electron chi connectivity index (χ0n) is 15.2. The summed E-state index contributed by atoms with van der Waals surface area (Å²) in [6.07, 6.45) is -4.53. The lowest BCUT2D eigenvalue weighted by Gasteiger charge is -2.18. The van der Waals surface area contributed by atoms with E-state index in [0.717, 1.165) is 16.4 Å². The molecule has 0 aliphatic rings. The molecule has 0 aromatic heterocycles. The standard InChI is InChI=1S/C18H19F3N2O4S/c1-23(11-13-4-3-5-15(10-13)27-2)28(25,26)16-8-6-14(7-9-16)17(24)22-12-18(19,20)21/h3-10H,11-12H2,1-2H3,(H,22,24). The molecule has 0 fully saturated rings. The van der Waals surface area contributed by atoms with Crippen LogP contribution in [0.15, 0.2) is 53.4 Å². The molecule has 152 valence electrons. The first-order chi connectivity index (χ1) is 13.0. The van der Waals surface area contributed by atoms with Crippen molar-refractivity contribution in [3.63, 3.8) is 0 Å². The number of hydrogen-bond donors (Lipinski definition) is 1. The third kappa shape index (κ3) is 5.70. The lowest BCUT2D eigenvalue weighted by atomic mass is 10.2. The number of alkyl halides is 3. The Kier molecular flexibility index (Phi) is 6.68. The first-order valence-electron chi connectivity index (χ1n) is 8.07. The van der Waals surface area contributed by atoms with E-state index in [1.165, 1.54) is 26.3 Å². The van der Waals surface area contributed by atoms with Crippen molar-refractivity contribution in [3.8, 4) is 5.75 Å². The average molecular weight is 416 g/mol. The van der Waals surface area contributed by atoms with Crippen LogP contribution in [0.2, 0.25) is 0 Å². The van der Waals surface area contributed by atoms with Crippen molar-refractivity contribution in [1.29, 1.82) is 0 Å². The van der Waals surface area contributed by atoms with Gasteiger partial charge in [-0.15, -0.1) is 0 Å². The summed E-state index contributed by atoms with van der Waals surface area (Å²) in [4.78, 5) is 11.6. The van der Waals surface area contributed by atoms with Crippen molar-refractivity contribution in [2.45, 2.75) is 17.6 Å². The maximum atomic E-state index is 12.7. The van der Waals surface area contributed by atoms with Gasteiger partial charge in [0, 0.05) is 19.2 Å². The number of amides is 1. The van der Waals surface area contributed by atoms with Crippen molar-refractivity contribution < 1.29 is 31.1 Å². The molecule has 0 spiro atoms. The fourth-order valence-corrected chi connectivity index (χ4v) is 3.51. The van der Waals surface area contributed by atoms with Crippen LogP contribution in [-0.2, 0) is 16.6 Å². The van der Waals surface area contributed by atoms with Crippen LogP contribution in [0.5, 0.6) is 5.75 Å². The molecule has 28 heavy (non-hydrogen) atoms. The van der Waals surface area contributed by atoms with E-state index in [2.05, 4.69) is 0 Å². The minimum absolute atomic E-state index is 0.0707. The number of carbonyl (C=O) groups is 1. The Morgan fingerprint density at radius 2 is 1.79 bits per heavy atom. The highest BCUT2D eigenvalue weighted by atomic mass is 32.2. The molecule has 1 N–H and O–H groups in total. The quantitative estimate of drug-likeness (QED) is 0.753. The van der Waals surface area contributed by atoms with Crippen LogP contribution in [0, 0.1) is 0 Å². The van der Waals surface area contributed by atoms with E-state index in [-0.39, 0.29) is 17.0 Å². The summed E-state index contributed by atoms with van der Waals surface area (Å²) in [7, 11) is -0.946. The van der Waals surface area contributed by atoms with E-state index in [4.69, 9.17) is 4.74 Å². The highest BCUT2D eigenvalue weighted by Crippen LogP contribution is 2.20. The molecule has 1 amide bonds. The third-order valence-electron chi connectivity index (χ3n) is 3.81. The smallest absolute Gasteiger partial charge is 0.405 e. The Labute approximate surface area is 161 Å². The molecule has 2 aromatic rings. The summed E-state index contributed by atoms with van der Waals surface area (Å²) in [6.45, 7) is -1.37. The van der Waals surface area contributed by atoms with Gasteiger partial charge in [-0.05, 0) is 42.0 Å². The van der Waals surface area contributed by atoms with E-state index >= 15 is 0 Å². The van der Waals surface area contributed by atoms with Crippen LogP contribution in [0.3, 0.4) is 0 Å². The van der Waals surface area contributed by atoms with Gasteiger partial charge in [0.05, 0.1) is 12.0 Å². The topological polar surface area (TPSA) is 75.7 Å². The van der Waals surface area contributed by atoms with Crippen LogP contribution >= 0.6 is 0 Å². The van der Waals surface area contributed by atoms with Gasteiger partial charge < -0.3 is 10.1 Å². The molecule has 0 radical (unpaired) electrons. The summed E-state index contributed by atoms with van der Waals surface area (Å²) in [5, 5.41) is 1.73. The molecule has 0 unspecified atom stereocenters. The Morgan fingerprint density at radius 3 is 2.36 bits per heavy atom. The average Bonchev–Trinajstić information content (AvgIpc) is 2.65. The summed E-state index contributed by atoms with van der Waals surface area (Å²) >= 11 is 0. The van der Waals surface area contributed by atoms with Gasteiger partial charge in [-0.25, -0.2) is 8.42 Å².